The predicted molar refractivity (Wildman–Crippen MR) is 77.9 cm³/mol. The summed E-state index contributed by atoms with van der Waals surface area (Å²) in [5, 5.41) is 5.97. The number of anilines is 2. The molecule has 0 aromatic carbocycles. The molecule has 1 fully saturated rings. The molecule has 0 aliphatic heterocycles. The summed E-state index contributed by atoms with van der Waals surface area (Å²) in [4.78, 5) is 4.04. The highest BCUT2D eigenvalue weighted by atomic mass is 19.1. The van der Waals surface area contributed by atoms with Crippen LogP contribution in [0.25, 0.3) is 0 Å². The Hall–Kier alpha value is -1.39. The third kappa shape index (κ3) is 3.19. The maximum atomic E-state index is 13.9. The molecule has 0 radical (unpaired) electrons. The van der Waals surface area contributed by atoms with E-state index in [4.69, 9.17) is 0 Å². The summed E-state index contributed by atoms with van der Waals surface area (Å²) in [5.74, 6) is 0.0336. The highest BCUT2D eigenvalue weighted by molar-refractivity contribution is 5.48. The average molecular weight is 283 g/mol. The zero-order chi connectivity index (χ0) is 14.7. The fourth-order valence-electron chi connectivity index (χ4n) is 2.82. The first-order valence-corrected chi connectivity index (χ1v) is 7.39. The summed E-state index contributed by atoms with van der Waals surface area (Å²) < 4.78 is 27.4. The van der Waals surface area contributed by atoms with Crippen molar-refractivity contribution in [2.75, 3.05) is 17.2 Å². The van der Waals surface area contributed by atoms with Crippen molar-refractivity contribution < 1.29 is 8.78 Å². The van der Waals surface area contributed by atoms with Crippen molar-refractivity contribution in [2.45, 2.75) is 46.1 Å². The summed E-state index contributed by atoms with van der Waals surface area (Å²) in [5.41, 5.74) is 0. The maximum Gasteiger partial charge on any atom is 0.168 e. The van der Waals surface area contributed by atoms with Gasteiger partial charge in [-0.25, -0.2) is 13.8 Å². The van der Waals surface area contributed by atoms with Crippen LogP contribution in [0.4, 0.5) is 20.4 Å². The number of halogens is 2. The fraction of sp³-hybridized carbons (Fsp3) is 0.667. The van der Waals surface area contributed by atoms with Crippen LogP contribution < -0.4 is 10.6 Å². The smallest absolute Gasteiger partial charge is 0.168 e. The standard InChI is InChI=1S/C15H23F2N3/c1-4-18-14-11(16)8-12(17)15(20-14)19-13-7-5-6-9(2)10(13)3/h8-10,13H,4-7H2,1-3H3,(H2,18,19,20). The molecule has 0 bridgehead atoms. The second-order valence-electron chi connectivity index (χ2n) is 5.70. The fourth-order valence-corrected chi connectivity index (χ4v) is 2.82. The second-order valence-corrected chi connectivity index (χ2v) is 5.70. The van der Waals surface area contributed by atoms with Gasteiger partial charge in [-0.2, -0.15) is 0 Å². The van der Waals surface area contributed by atoms with Crippen LogP contribution in [0.1, 0.15) is 40.0 Å². The van der Waals surface area contributed by atoms with Crippen LogP contribution in [0.2, 0.25) is 0 Å². The van der Waals surface area contributed by atoms with Gasteiger partial charge in [0.25, 0.3) is 0 Å². The van der Waals surface area contributed by atoms with Gasteiger partial charge in [0.2, 0.25) is 0 Å². The molecule has 3 nitrogen and oxygen atoms in total. The average Bonchev–Trinajstić information content (AvgIpc) is 2.40. The van der Waals surface area contributed by atoms with Gasteiger partial charge in [0, 0.05) is 18.7 Å². The lowest BCUT2D eigenvalue weighted by atomic mass is 9.78. The largest absolute Gasteiger partial charge is 0.368 e. The highest BCUT2D eigenvalue weighted by Crippen LogP contribution is 2.32. The van der Waals surface area contributed by atoms with E-state index in [0.717, 1.165) is 18.9 Å². The number of nitrogens with one attached hydrogen (secondary N) is 2. The van der Waals surface area contributed by atoms with E-state index in [1.165, 1.54) is 6.42 Å². The number of hydrogen-bond acceptors (Lipinski definition) is 3. The zero-order valence-corrected chi connectivity index (χ0v) is 12.3. The molecular formula is C15H23F2N3. The molecule has 0 saturated heterocycles. The molecule has 1 saturated carbocycles. The molecule has 2 N–H and O–H groups in total. The van der Waals surface area contributed by atoms with E-state index in [1.54, 1.807) is 0 Å². The number of nitrogens with zero attached hydrogens (tertiary/aromatic N) is 1. The highest BCUT2D eigenvalue weighted by Gasteiger charge is 2.28. The summed E-state index contributed by atoms with van der Waals surface area (Å²) in [7, 11) is 0. The van der Waals surface area contributed by atoms with Crippen molar-refractivity contribution >= 4 is 11.6 Å². The second kappa shape index (κ2) is 6.37. The summed E-state index contributed by atoms with van der Waals surface area (Å²) in [6.45, 7) is 6.79. The van der Waals surface area contributed by atoms with Crippen LogP contribution >= 0.6 is 0 Å². The third-order valence-corrected chi connectivity index (χ3v) is 4.30. The molecular weight excluding hydrogens is 260 g/mol. The number of hydrogen-bond donors (Lipinski definition) is 2. The van der Waals surface area contributed by atoms with E-state index >= 15 is 0 Å². The number of rotatable bonds is 4. The van der Waals surface area contributed by atoms with E-state index in [9.17, 15) is 8.78 Å². The molecule has 3 atom stereocenters. The monoisotopic (exact) mass is 283 g/mol. The van der Waals surface area contributed by atoms with Crippen molar-refractivity contribution in [3.8, 4) is 0 Å². The lowest BCUT2D eigenvalue weighted by Gasteiger charge is -2.35. The van der Waals surface area contributed by atoms with Crippen LogP contribution in [-0.2, 0) is 0 Å². The maximum absolute atomic E-state index is 13.9. The Kier molecular flexibility index (Phi) is 4.78. The van der Waals surface area contributed by atoms with Crippen LogP contribution in [0, 0.1) is 23.5 Å². The molecule has 3 unspecified atom stereocenters. The van der Waals surface area contributed by atoms with Crippen molar-refractivity contribution in [3.05, 3.63) is 17.7 Å². The van der Waals surface area contributed by atoms with Crippen molar-refractivity contribution in [1.29, 1.82) is 0 Å². The molecule has 112 valence electrons. The lowest BCUT2D eigenvalue weighted by Crippen LogP contribution is -2.35. The molecule has 0 spiro atoms. The van der Waals surface area contributed by atoms with Gasteiger partial charge in [0.1, 0.15) is 0 Å². The van der Waals surface area contributed by atoms with Crippen LogP contribution in [0.15, 0.2) is 6.07 Å². The van der Waals surface area contributed by atoms with Gasteiger partial charge in [0.15, 0.2) is 23.3 Å². The Balaban J connectivity index is 2.17. The van der Waals surface area contributed by atoms with Crippen LogP contribution in [0.3, 0.4) is 0 Å². The first kappa shape index (κ1) is 15.0. The molecule has 1 aliphatic carbocycles. The minimum absolute atomic E-state index is 0.105. The van der Waals surface area contributed by atoms with Crippen LogP contribution in [0.5, 0.6) is 0 Å². The van der Waals surface area contributed by atoms with E-state index in [0.29, 0.717) is 18.4 Å². The predicted octanol–water partition coefficient (Wildman–Crippen LogP) is 4.03. The molecule has 20 heavy (non-hydrogen) atoms. The van der Waals surface area contributed by atoms with Gasteiger partial charge in [-0.15, -0.1) is 0 Å². The first-order chi connectivity index (χ1) is 9.52. The number of pyridine rings is 1. The van der Waals surface area contributed by atoms with Gasteiger partial charge in [0.05, 0.1) is 0 Å². The van der Waals surface area contributed by atoms with Gasteiger partial charge in [-0.1, -0.05) is 26.7 Å². The summed E-state index contributed by atoms with van der Waals surface area (Å²) >= 11 is 0. The minimum atomic E-state index is -0.653. The Morgan fingerprint density at radius 1 is 1.20 bits per heavy atom. The topological polar surface area (TPSA) is 37.0 Å². The third-order valence-electron chi connectivity index (χ3n) is 4.30. The van der Waals surface area contributed by atoms with E-state index in [1.807, 2.05) is 6.92 Å². The van der Waals surface area contributed by atoms with Gasteiger partial charge < -0.3 is 10.6 Å². The van der Waals surface area contributed by atoms with Gasteiger partial charge >= 0.3 is 0 Å². The van der Waals surface area contributed by atoms with E-state index in [-0.39, 0.29) is 17.7 Å². The van der Waals surface area contributed by atoms with E-state index in [2.05, 4.69) is 29.5 Å². The van der Waals surface area contributed by atoms with Crippen molar-refractivity contribution in [1.82, 2.24) is 4.98 Å². The minimum Gasteiger partial charge on any atom is -0.368 e. The molecule has 1 aliphatic rings. The van der Waals surface area contributed by atoms with Crippen molar-refractivity contribution in [3.63, 3.8) is 0 Å². The Labute approximate surface area is 119 Å². The molecule has 1 heterocycles. The number of aromatic nitrogens is 1. The molecule has 5 heteroatoms. The molecule has 0 amide bonds. The Morgan fingerprint density at radius 2 is 1.90 bits per heavy atom. The van der Waals surface area contributed by atoms with Gasteiger partial charge in [-0.3, -0.25) is 0 Å². The first-order valence-electron chi connectivity index (χ1n) is 7.39. The van der Waals surface area contributed by atoms with Crippen LogP contribution in [-0.4, -0.2) is 17.6 Å². The normalized spacial score (nSPS) is 26.4. The van der Waals surface area contributed by atoms with Gasteiger partial charge in [-0.05, 0) is 25.2 Å². The zero-order valence-electron chi connectivity index (χ0n) is 12.3. The van der Waals surface area contributed by atoms with Crippen molar-refractivity contribution in [2.24, 2.45) is 11.8 Å². The Bertz CT molecular complexity index is 465. The summed E-state index contributed by atoms with van der Waals surface area (Å²) in [6.07, 6.45) is 3.34. The quantitative estimate of drug-likeness (QED) is 0.876. The Morgan fingerprint density at radius 3 is 2.60 bits per heavy atom. The SMILES string of the molecule is CCNc1nc(NC2CCCC(C)C2C)c(F)cc1F. The summed E-state index contributed by atoms with van der Waals surface area (Å²) in [6, 6.07) is 1.09. The molecule has 1 aromatic heterocycles. The lowest BCUT2D eigenvalue weighted by molar-refractivity contribution is 0.252. The molecule has 1 aromatic rings. The molecule has 2 rings (SSSR count). The van der Waals surface area contributed by atoms with E-state index < -0.39 is 11.6 Å².